The first kappa shape index (κ1) is 20.4. The highest BCUT2D eigenvalue weighted by Crippen LogP contribution is 2.33. The fourth-order valence-electron chi connectivity index (χ4n) is 3.29. The van der Waals surface area contributed by atoms with Crippen molar-refractivity contribution in [3.8, 4) is 5.75 Å². The van der Waals surface area contributed by atoms with E-state index in [9.17, 15) is 23.2 Å². The number of rotatable bonds is 6. The SMILES string of the molecule is CCOc1ccc(C(C)=O)cc1CN1C(=O)N[C@](C)(c2cc(F)ccc2F)C1=O. The molecule has 0 bridgehead atoms. The monoisotopic (exact) mass is 402 g/mol. The van der Waals surface area contributed by atoms with Crippen LogP contribution in [-0.4, -0.2) is 29.2 Å². The molecule has 3 amide bonds. The van der Waals surface area contributed by atoms with Crippen LogP contribution in [0.5, 0.6) is 5.75 Å². The lowest BCUT2D eigenvalue weighted by Crippen LogP contribution is -2.41. The molecule has 2 aromatic carbocycles. The first-order chi connectivity index (χ1) is 13.7. The van der Waals surface area contributed by atoms with Crippen molar-refractivity contribution in [3.63, 3.8) is 0 Å². The molecule has 1 saturated heterocycles. The summed E-state index contributed by atoms with van der Waals surface area (Å²) in [5.74, 6) is -2.03. The van der Waals surface area contributed by atoms with E-state index in [2.05, 4.69) is 5.32 Å². The van der Waals surface area contributed by atoms with Crippen molar-refractivity contribution in [2.24, 2.45) is 0 Å². The van der Waals surface area contributed by atoms with Crippen molar-refractivity contribution in [1.29, 1.82) is 0 Å². The van der Waals surface area contributed by atoms with Gasteiger partial charge in [-0.1, -0.05) is 0 Å². The van der Waals surface area contributed by atoms with Crippen LogP contribution in [0.4, 0.5) is 13.6 Å². The van der Waals surface area contributed by atoms with Gasteiger partial charge in [0.15, 0.2) is 5.78 Å². The van der Waals surface area contributed by atoms with E-state index in [4.69, 9.17) is 4.74 Å². The lowest BCUT2D eigenvalue weighted by atomic mass is 9.91. The average Bonchev–Trinajstić information content (AvgIpc) is 2.89. The third-order valence-corrected chi connectivity index (χ3v) is 4.84. The molecule has 3 rings (SSSR count). The molecule has 8 heteroatoms. The highest BCUT2D eigenvalue weighted by molar-refractivity contribution is 6.07. The Morgan fingerprint density at radius 3 is 2.55 bits per heavy atom. The number of urea groups is 1. The van der Waals surface area contributed by atoms with E-state index in [1.807, 2.05) is 0 Å². The van der Waals surface area contributed by atoms with Crippen LogP contribution in [0.1, 0.15) is 42.3 Å². The minimum absolute atomic E-state index is 0.182. The fraction of sp³-hybridized carbons (Fsp3) is 0.286. The van der Waals surface area contributed by atoms with Gasteiger partial charge < -0.3 is 10.1 Å². The maximum Gasteiger partial charge on any atom is 0.325 e. The van der Waals surface area contributed by atoms with Gasteiger partial charge in [-0.3, -0.25) is 14.5 Å². The molecule has 29 heavy (non-hydrogen) atoms. The third kappa shape index (κ3) is 3.70. The molecule has 1 fully saturated rings. The van der Waals surface area contributed by atoms with Crippen molar-refractivity contribution in [2.45, 2.75) is 32.9 Å². The number of hydrogen-bond donors (Lipinski definition) is 1. The lowest BCUT2D eigenvalue weighted by molar-refractivity contribution is -0.131. The number of ketones is 1. The zero-order valence-electron chi connectivity index (χ0n) is 16.2. The van der Waals surface area contributed by atoms with Gasteiger partial charge in [-0.05, 0) is 57.2 Å². The summed E-state index contributed by atoms with van der Waals surface area (Å²) in [5, 5.41) is 2.45. The second-order valence-electron chi connectivity index (χ2n) is 6.88. The van der Waals surface area contributed by atoms with E-state index in [0.29, 0.717) is 23.5 Å². The van der Waals surface area contributed by atoms with Gasteiger partial charge in [0.1, 0.15) is 22.9 Å². The van der Waals surface area contributed by atoms with E-state index in [1.54, 1.807) is 25.1 Å². The van der Waals surface area contributed by atoms with Crippen LogP contribution >= 0.6 is 0 Å². The predicted octanol–water partition coefficient (Wildman–Crippen LogP) is 3.53. The molecule has 1 aliphatic rings. The van der Waals surface area contributed by atoms with Crippen LogP contribution in [0.3, 0.4) is 0 Å². The number of nitrogens with zero attached hydrogens (tertiary/aromatic N) is 1. The number of amides is 3. The molecule has 152 valence electrons. The quantitative estimate of drug-likeness (QED) is 0.593. The van der Waals surface area contributed by atoms with Crippen molar-refractivity contribution < 1.29 is 27.9 Å². The first-order valence-corrected chi connectivity index (χ1v) is 9.03. The van der Waals surface area contributed by atoms with Crippen molar-refractivity contribution in [2.75, 3.05) is 6.61 Å². The molecule has 1 heterocycles. The molecule has 0 aliphatic carbocycles. The van der Waals surface area contributed by atoms with Crippen LogP contribution in [0.2, 0.25) is 0 Å². The van der Waals surface area contributed by atoms with Crippen LogP contribution < -0.4 is 10.1 Å². The fourth-order valence-corrected chi connectivity index (χ4v) is 3.29. The van der Waals surface area contributed by atoms with Crippen molar-refractivity contribution >= 4 is 17.7 Å². The number of benzene rings is 2. The summed E-state index contributed by atoms with van der Waals surface area (Å²) in [6, 6.07) is 6.71. The zero-order chi connectivity index (χ0) is 21.3. The summed E-state index contributed by atoms with van der Waals surface area (Å²) in [4.78, 5) is 38.2. The molecule has 1 N–H and O–H groups in total. The maximum atomic E-state index is 14.3. The number of carbonyl (C=O) groups is 3. The van der Waals surface area contributed by atoms with E-state index in [1.165, 1.54) is 13.8 Å². The molecule has 0 aromatic heterocycles. The number of imide groups is 1. The Balaban J connectivity index is 1.98. The van der Waals surface area contributed by atoms with Crippen molar-refractivity contribution in [3.05, 3.63) is 64.7 Å². The molecule has 0 unspecified atom stereocenters. The Hall–Kier alpha value is -3.29. The Morgan fingerprint density at radius 1 is 1.17 bits per heavy atom. The zero-order valence-corrected chi connectivity index (χ0v) is 16.2. The third-order valence-electron chi connectivity index (χ3n) is 4.84. The molecule has 1 atom stereocenters. The van der Waals surface area contributed by atoms with Crippen LogP contribution in [0.15, 0.2) is 36.4 Å². The van der Waals surface area contributed by atoms with Gasteiger partial charge in [0.05, 0.1) is 13.2 Å². The Bertz CT molecular complexity index is 1010. The Labute approximate surface area is 166 Å². The van der Waals surface area contributed by atoms with Gasteiger partial charge in [0.2, 0.25) is 0 Å². The van der Waals surface area contributed by atoms with Crippen LogP contribution in [-0.2, 0) is 16.9 Å². The second kappa shape index (κ2) is 7.62. The van der Waals surface area contributed by atoms with Gasteiger partial charge in [0, 0.05) is 16.7 Å². The normalized spacial score (nSPS) is 18.7. The standard InChI is InChI=1S/C21H20F2N2O4/c1-4-29-18-8-5-13(12(2)26)9-14(18)11-25-19(27)21(3,24-20(25)28)16-10-15(22)6-7-17(16)23/h5-10H,4,11H2,1-3H3,(H,24,28)/t21-/m1/s1. The molecular formula is C21H20F2N2O4. The molecular weight excluding hydrogens is 382 g/mol. The largest absolute Gasteiger partial charge is 0.494 e. The Kier molecular flexibility index (Phi) is 5.37. The summed E-state index contributed by atoms with van der Waals surface area (Å²) in [7, 11) is 0. The molecule has 6 nitrogen and oxygen atoms in total. The minimum atomic E-state index is -1.76. The van der Waals surface area contributed by atoms with E-state index >= 15 is 0 Å². The van der Waals surface area contributed by atoms with Gasteiger partial charge in [-0.15, -0.1) is 0 Å². The molecule has 1 aliphatic heterocycles. The molecule has 0 saturated carbocycles. The summed E-state index contributed by atoms with van der Waals surface area (Å²) >= 11 is 0. The minimum Gasteiger partial charge on any atom is -0.494 e. The number of carbonyl (C=O) groups excluding carboxylic acids is 3. The first-order valence-electron chi connectivity index (χ1n) is 9.03. The number of Topliss-reactive ketones (excluding diaryl/α,β-unsaturated/α-hetero) is 1. The predicted molar refractivity (Wildman–Crippen MR) is 100 cm³/mol. The molecule has 2 aromatic rings. The number of hydrogen-bond acceptors (Lipinski definition) is 4. The van der Waals surface area contributed by atoms with Gasteiger partial charge in [-0.25, -0.2) is 13.6 Å². The van der Waals surface area contributed by atoms with E-state index in [-0.39, 0.29) is 17.9 Å². The summed E-state index contributed by atoms with van der Waals surface area (Å²) in [5.41, 5.74) is -1.17. The smallest absolute Gasteiger partial charge is 0.325 e. The van der Waals surface area contributed by atoms with E-state index in [0.717, 1.165) is 23.1 Å². The second-order valence-corrected chi connectivity index (χ2v) is 6.88. The van der Waals surface area contributed by atoms with Crippen LogP contribution in [0, 0.1) is 11.6 Å². The average molecular weight is 402 g/mol. The summed E-state index contributed by atoms with van der Waals surface area (Å²) < 4.78 is 33.5. The number of nitrogens with one attached hydrogen (secondary N) is 1. The van der Waals surface area contributed by atoms with Gasteiger partial charge >= 0.3 is 6.03 Å². The molecule has 0 spiro atoms. The van der Waals surface area contributed by atoms with Crippen molar-refractivity contribution in [1.82, 2.24) is 10.2 Å². The summed E-state index contributed by atoms with van der Waals surface area (Å²) in [6.07, 6.45) is 0. The highest BCUT2D eigenvalue weighted by atomic mass is 19.1. The topological polar surface area (TPSA) is 75.7 Å². The lowest BCUT2D eigenvalue weighted by Gasteiger charge is -2.23. The highest BCUT2D eigenvalue weighted by Gasteiger charge is 2.50. The van der Waals surface area contributed by atoms with Gasteiger partial charge in [-0.2, -0.15) is 0 Å². The van der Waals surface area contributed by atoms with Crippen LogP contribution in [0.25, 0.3) is 0 Å². The summed E-state index contributed by atoms with van der Waals surface area (Å²) in [6.45, 7) is 4.66. The number of halogens is 2. The maximum absolute atomic E-state index is 14.3. The molecule has 0 radical (unpaired) electrons. The number of ether oxygens (including phenoxy) is 1. The Morgan fingerprint density at radius 2 is 1.90 bits per heavy atom. The van der Waals surface area contributed by atoms with E-state index < -0.39 is 29.1 Å². The van der Waals surface area contributed by atoms with Gasteiger partial charge in [0.25, 0.3) is 5.91 Å².